The fourth-order valence-electron chi connectivity index (χ4n) is 1.96. The van der Waals surface area contributed by atoms with E-state index < -0.39 is 0 Å². The molecule has 1 aromatic rings. The van der Waals surface area contributed by atoms with Crippen molar-refractivity contribution in [1.29, 1.82) is 0 Å². The number of ether oxygens (including phenoxy) is 1. The van der Waals surface area contributed by atoms with E-state index in [0.717, 1.165) is 0 Å². The Balaban J connectivity index is 2.45. The Kier molecular flexibility index (Phi) is 6.37. The molecule has 118 valence electrons. The number of hydrogen-bond donors (Lipinski definition) is 2. The Morgan fingerprint density at radius 3 is 2.33 bits per heavy atom. The van der Waals surface area contributed by atoms with Gasteiger partial charge < -0.3 is 15.2 Å². The van der Waals surface area contributed by atoms with Crippen LogP contribution in [0.2, 0.25) is 0 Å². The summed E-state index contributed by atoms with van der Waals surface area (Å²) in [5, 5.41) is 12.0. The number of hydrogen-bond acceptors (Lipinski definition) is 3. The molecule has 21 heavy (non-hydrogen) atoms. The number of carbonyl (C=O) groups excluding carboxylic acids is 1. The van der Waals surface area contributed by atoms with Crippen molar-refractivity contribution >= 4 is 5.91 Å². The third-order valence-electron chi connectivity index (χ3n) is 3.42. The molecule has 0 atom stereocenters. The SMILES string of the molecule is CC(C)(CCOC(C)(C)CCO)NC(=O)c1ccccc1. The monoisotopic (exact) mass is 293 g/mol. The first-order chi connectivity index (χ1) is 9.76. The van der Waals surface area contributed by atoms with Crippen LogP contribution in [0.4, 0.5) is 0 Å². The predicted molar refractivity (Wildman–Crippen MR) is 84.3 cm³/mol. The minimum absolute atomic E-state index is 0.0739. The minimum atomic E-state index is -0.345. The Hall–Kier alpha value is -1.39. The average Bonchev–Trinajstić information content (AvgIpc) is 2.38. The van der Waals surface area contributed by atoms with Crippen LogP contribution in [0.3, 0.4) is 0 Å². The molecule has 0 aliphatic carbocycles. The van der Waals surface area contributed by atoms with Crippen molar-refractivity contribution in [2.45, 2.75) is 51.7 Å². The van der Waals surface area contributed by atoms with Gasteiger partial charge in [0.1, 0.15) is 0 Å². The summed E-state index contributed by atoms with van der Waals surface area (Å²) in [6.45, 7) is 8.53. The van der Waals surface area contributed by atoms with Crippen LogP contribution in [0.15, 0.2) is 30.3 Å². The van der Waals surface area contributed by atoms with Crippen LogP contribution in [0.1, 0.15) is 50.9 Å². The molecule has 4 nitrogen and oxygen atoms in total. The third-order valence-corrected chi connectivity index (χ3v) is 3.42. The van der Waals surface area contributed by atoms with Gasteiger partial charge in [-0.25, -0.2) is 0 Å². The molecule has 1 amide bonds. The van der Waals surface area contributed by atoms with Gasteiger partial charge in [-0.05, 0) is 52.7 Å². The van der Waals surface area contributed by atoms with Crippen LogP contribution in [-0.2, 0) is 4.74 Å². The van der Waals surface area contributed by atoms with Gasteiger partial charge in [0.15, 0.2) is 0 Å². The first-order valence-electron chi connectivity index (χ1n) is 7.38. The highest BCUT2D eigenvalue weighted by atomic mass is 16.5. The Labute approximate surface area is 127 Å². The van der Waals surface area contributed by atoms with Gasteiger partial charge in [0.05, 0.1) is 5.60 Å². The molecule has 1 rings (SSSR count). The molecule has 0 aliphatic heterocycles. The van der Waals surface area contributed by atoms with E-state index in [1.807, 2.05) is 45.9 Å². The van der Waals surface area contributed by atoms with Crippen LogP contribution in [0, 0.1) is 0 Å². The second-order valence-corrected chi connectivity index (χ2v) is 6.54. The summed E-state index contributed by atoms with van der Waals surface area (Å²) < 4.78 is 5.78. The third kappa shape index (κ3) is 6.74. The van der Waals surface area contributed by atoms with E-state index in [0.29, 0.717) is 25.0 Å². The van der Waals surface area contributed by atoms with E-state index in [1.54, 1.807) is 12.1 Å². The lowest BCUT2D eigenvalue weighted by Gasteiger charge is -2.30. The molecule has 0 unspecified atom stereocenters. The topological polar surface area (TPSA) is 58.6 Å². The van der Waals surface area contributed by atoms with E-state index in [2.05, 4.69) is 5.32 Å². The zero-order valence-electron chi connectivity index (χ0n) is 13.5. The highest BCUT2D eigenvalue weighted by Gasteiger charge is 2.23. The second kappa shape index (κ2) is 7.57. The highest BCUT2D eigenvalue weighted by Crippen LogP contribution is 2.17. The minimum Gasteiger partial charge on any atom is -0.396 e. The summed E-state index contributed by atoms with van der Waals surface area (Å²) in [6, 6.07) is 9.18. The van der Waals surface area contributed by atoms with Crippen LogP contribution < -0.4 is 5.32 Å². The number of amides is 1. The smallest absolute Gasteiger partial charge is 0.251 e. The van der Waals surface area contributed by atoms with Crippen LogP contribution in [-0.4, -0.2) is 35.4 Å². The van der Waals surface area contributed by atoms with E-state index in [9.17, 15) is 4.79 Å². The van der Waals surface area contributed by atoms with Gasteiger partial charge in [0.25, 0.3) is 5.91 Å². The van der Waals surface area contributed by atoms with Gasteiger partial charge in [0.2, 0.25) is 0 Å². The largest absolute Gasteiger partial charge is 0.396 e. The van der Waals surface area contributed by atoms with Gasteiger partial charge in [-0.15, -0.1) is 0 Å². The van der Waals surface area contributed by atoms with Crippen LogP contribution in [0.25, 0.3) is 0 Å². The fourth-order valence-corrected chi connectivity index (χ4v) is 1.96. The summed E-state index contributed by atoms with van der Waals surface area (Å²) in [6.07, 6.45) is 1.31. The zero-order chi connectivity index (χ0) is 15.9. The molecule has 0 radical (unpaired) electrons. The van der Waals surface area contributed by atoms with Crippen molar-refractivity contribution < 1.29 is 14.6 Å². The van der Waals surface area contributed by atoms with E-state index in [4.69, 9.17) is 9.84 Å². The molecule has 0 spiro atoms. The maximum atomic E-state index is 12.1. The normalized spacial score (nSPS) is 12.2. The van der Waals surface area contributed by atoms with Crippen molar-refractivity contribution in [3.05, 3.63) is 35.9 Å². The predicted octanol–water partition coefficient (Wildman–Crippen LogP) is 2.76. The summed E-state index contributed by atoms with van der Waals surface area (Å²) in [5.74, 6) is -0.0739. The van der Waals surface area contributed by atoms with Gasteiger partial charge in [0, 0.05) is 24.3 Å². The first-order valence-corrected chi connectivity index (χ1v) is 7.38. The van der Waals surface area contributed by atoms with Crippen molar-refractivity contribution in [1.82, 2.24) is 5.32 Å². The summed E-state index contributed by atoms with van der Waals surface area (Å²) in [5.41, 5.74) is -0.0247. The molecule has 0 heterocycles. The molecule has 2 N–H and O–H groups in total. The number of rotatable bonds is 8. The molecule has 0 saturated carbocycles. The van der Waals surface area contributed by atoms with Gasteiger partial charge in [-0.1, -0.05) is 18.2 Å². The van der Waals surface area contributed by atoms with Crippen molar-refractivity contribution in [3.8, 4) is 0 Å². The van der Waals surface area contributed by atoms with E-state index >= 15 is 0 Å². The molecule has 1 aromatic carbocycles. The number of aliphatic hydroxyl groups excluding tert-OH is 1. The summed E-state index contributed by atoms with van der Waals surface area (Å²) >= 11 is 0. The standard InChI is InChI=1S/C17H27NO3/c1-16(2,11-13-21-17(3,4)10-12-19)18-15(20)14-8-6-5-7-9-14/h5-9,19H,10-13H2,1-4H3,(H,18,20). The van der Waals surface area contributed by atoms with Crippen molar-refractivity contribution in [2.24, 2.45) is 0 Å². The Morgan fingerprint density at radius 2 is 1.76 bits per heavy atom. The molecular formula is C17H27NO3. The van der Waals surface area contributed by atoms with Gasteiger partial charge in [-0.3, -0.25) is 4.79 Å². The van der Waals surface area contributed by atoms with Crippen LogP contribution in [0.5, 0.6) is 0 Å². The molecule has 0 saturated heterocycles. The van der Waals surface area contributed by atoms with Crippen molar-refractivity contribution in [2.75, 3.05) is 13.2 Å². The maximum absolute atomic E-state index is 12.1. The van der Waals surface area contributed by atoms with Gasteiger partial charge >= 0.3 is 0 Å². The highest BCUT2D eigenvalue weighted by molar-refractivity contribution is 5.94. The molecule has 0 aliphatic rings. The lowest BCUT2D eigenvalue weighted by atomic mass is 10.00. The Morgan fingerprint density at radius 1 is 1.14 bits per heavy atom. The maximum Gasteiger partial charge on any atom is 0.251 e. The quantitative estimate of drug-likeness (QED) is 0.775. The zero-order valence-corrected chi connectivity index (χ0v) is 13.5. The number of aliphatic hydroxyl groups is 1. The van der Waals surface area contributed by atoms with E-state index in [1.165, 1.54) is 0 Å². The number of carbonyl (C=O) groups is 1. The number of nitrogens with one attached hydrogen (secondary N) is 1. The second-order valence-electron chi connectivity index (χ2n) is 6.54. The van der Waals surface area contributed by atoms with Crippen molar-refractivity contribution in [3.63, 3.8) is 0 Å². The summed E-state index contributed by atoms with van der Waals surface area (Å²) in [7, 11) is 0. The molecule has 0 bridgehead atoms. The summed E-state index contributed by atoms with van der Waals surface area (Å²) in [4.78, 5) is 12.1. The molecule has 0 aromatic heterocycles. The van der Waals surface area contributed by atoms with Gasteiger partial charge in [-0.2, -0.15) is 0 Å². The lowest BCUT2D eigenvalue weighted by molar-refractivity contribution is -0.0388. The lowest BCUT2D eigenvalue weighted by Crippen LogP contribution is -2.44. The first kappa shape index (κ1) is 17.7. The average molecular weight is 293 g/mol. The number of benzene rings is 1. The molecule has 0 fully saturated rings. The Bertz CT molecular complexity index is 441. The fraction of sp³-hybridized carbons (Fsp3) is 0.588. The van der Waals surface area contributed by atoms with Crippen LogP contribution >= 0.6 is 0 Å². The molecular weight excluding hydrogens is 266 g/mol. The van der Waals surface area contributed by atoms with E-state index in [-0.39, 0.29) is 23.7 Å². The molecule has 4 heteroatoms.